The highest BCUT2D eigenvalue weighted by Gasteiger charge is 2.22. The molecule has 7 heteroatoms. The first-order valence-corrected chi connectivity index (χ1v) is 7.37. The number of hydrogen-bond donors (Lipinski definition) is 0. The summed E-state index contributed by atoms with van der Waals surface area (Å²) in [4.78, 5) is 34.3. The third-order valence-corrected chi connectivity index (χ3v) is 3.38. The smallest absolute Gasteiger partial charge is 0.352 e. The normalized spacial score (nSPS) is 11.4. The third kappa shape index (κ3) is 4.78. The number of halogens is 2. The Morgan fingerprint density at radius 2 is 1.95 bits per heavy atom. The molecule has 0 bridgehead atoms. The minimum Gasteiger partial charge on any atom is -0.447 e. The van der Waals surface area contributed by atoms with Gasteiger partial charge in [-0.2, -0.15) is 0 Å². The maximum atomic E-state index is 11.9. The molecule has 0 aliphatic heterocycles. The molecule has 0 fully saturated rings. The van der Waals surface area contributed by atoms with Crippen molar-refractivity contribution in [2.75, 3.05) is 0 Å². The molecule has 0 aliphatic carbocycles. The van der Waals surface area contributed by atoms with E-state index in [1.54, 1.807) is 6.07 Å². The summed E-state index contributed by atoms with van der Waals surface area (Å²) in [7, 11) is 0. The van der Waals surface area contributed by atoms with E-state index in [0.717, 1.165) is 0 Å². The predicted octanol–water partition coefficient (Wildman–Crippen LogP) is 3.44. The van der Waals surface area contributed by atoms with Gasteiger partial charge in [0.2, 0.25) is 0 Å². The van der Waals surface area contributed by atoms with Crippen LogP contribution in [0.15, 0.2) is 33.2 Å². The number of rotatable bonds is 5. The molecule has 1 rings (SSSR count). The molecule has 1 unspecified atom stereocenters. The maximum Gasteiger partial charge on any atom is 0.352 e. The molecular weight excluding hydrogens is 408 g/mol. The van der Waals surface area contributed by atoms with Gasteiger partial charge in [-0.15, -0.1) is 0 Å². The van der Waals surface area contributed by atoms with Crippen molar-refractivity contribution in [3.05, 3.63) is 38.8 Å². The van der Waals surface area contributed by atoms with Gasteiger partial charge in [-0.3, -0.25) is 4.79 Å². The summed E-state index contributed by atoms with van der Waals surface area (Å²) in [6.07, 6.45) is -0.563. The van der Waals surface area contributed by atoms with Gasteiger partial charge in [-0.1, -0.05) is 22.5 Å². The van der Waals surface area contributed by atoms with Crippen molar-refractivity contribution in [3.63, 3.8) is 0 Å². The fourth-order valence-electron chi connectivity index (χ4n) is 1.27. The van der Waals surface area contributed by atoms with Crippen LogP contribution in [0, 0.1) is 0 Å². The first kappa shape index (κ1) is 17.6. The highest BCUT2D eigenvalue weighted by atomic mass is 79.9. The summed E-state index contributed by atoms with van der Waals surface area (Å²) in [5.74, 6) is -1.42. The zero-order valence-electron chi connectivity index (χ0n) is 11.3. The second-order valence-electron chi connectivity index (χ2n) is 4.17. The average molecular weight is 420 g/mol. The molecule has 0 radical (unpaired) electrons. The molecule has 1 aromatic rings. The van der Waals surface area contributed by atoms with Gasteiger partial charge in [0, 0.05) is 10.0 Å². The molecule has 0 aliphatic rings. The van der Waals surface area contributed by atoms with E-state index in [-0.39, 0.29) is 16.9 Å². The van der Waals surface area contributed by atoms with E-state index in [2.05, 4.69) is 38.4 Å². The van der Waals surface area contributed by atoms with Crippen LogP contribution in [-0.2, 0) is 14.3 Å². The van der Waals surface area contributed by atoms with Crippen molar-refractivity contribution in [3.8, 4) is 5.75 Å². The lowest BCUT2D eigenvalue weighted by atomic mass is 10.2. The van der Waals surface area contributed by atoms with Crippen molar-refractivity contribution in [2.24, 2.45) is 0 Å². The predicted molar refractivity (Wildman–Crippen MR) is 83.2 cm³/mol. The second kappa shape index (κ2) is 7.51. The summed E-state index contributed by atoms with van der Waals surface area (Å²) in [5, 5.41) is 0. The van der Waals surface area contributed by atoms with E-state index in [0.29, 0.717) is 15.2 Å². The monoisotopic (exact) mass is 418 g/mol. The number of esters is 2. The molecule has 0 heterocycles. The lowest BCUT2D eigenvalue weighted by molar-refractivity contribution is -0.158. The Labute approximate surface area is 138 Å². The Hall–Kier alpha value is -1.47. The maximum absolute atomic E-state index is 11.9. The van der Waals surface area contributed by atoms with Crippen molar-refractivity contribution >= 4 is 50.1 Å². The van der Waals surface area contributed by atoms with Crippen LogP contribution in [0.5, 0.6) is 5.75 Å². The first-order valence-electron chi connectivity index (χ1n) is 5.78. The van der Waals surface area contributed by atoms with E-state index >= 15 is 0 Å². The molecule has 21 heavy (non-hydrogen) atoms. The Kier molecular flexibility index (Phi) is 6.29. The number of carbonyl (C=O) groups is 3. The molecule has 0 saturated heterocycles. The van der Waals surface area contributed by atoms with E-state index in [4.69, 9.17) is 9.47 Å². The fraction of sp³-hybridized carbons (Fsp3) is 0.214. The van der Waals surface area contributed by atoms with E-state index in [9.17, 15) is 14.4 Å². The van der Waals surface area contributed by atoms with Crippen LogP contribution in [0.4, 0.5) is 0 Å². The number of hydrogen-bond acceptors (Lipinski definition) is 5. The van der Waals surface area contributed by atoms with Crippen molar-refractivity contribution in [2.45, 2.75) is 20.0 Å². The third-order valence-electron chi connectivity index (χ3n) is 2.33. The molecule has 0 amide bonds. The van der Waals surface area contributed by atoms with Crippen LogP contribution < -0.4 is 4.74 Å². The van der Waals surface area contributed by atoms with Gasteiger partial charge in [0.15, 0.2) is 18.1 Å². The summed E-state index contributed by atoms with van der Waals surface area (Å²) >= 11 is 6.43. The second-order valence-corrected chi connectivity index (χ2v) is 5.94. The Morgan fingerprint density at radius 3 is 2.48 bits per heavy atom. The zero-order valence-corrected chi connectivity index (χ0v) is 14.5. The number of aldehydes is 1. The summed E-state index contributed by atoms with van der Waals surface area (Å²) < 4.78 is 11.0. The standard InChI is InChI=1S/C14H12Br2O5/c1-7(2)13(18)20-8(3)14(19)21-12-9(6-17)4-10(15)5-11(12)16/h4-6,8H,1H2,2-3H3. The molecule has 1 atom stereocenters. The Morgan fingerprint density at radius 1 is 1.33 bits per heavy atom. The highest BCUT2D eigenvalue weighted by molar-refractivity contribution is 9.11. The molecule has 0 saturated carbocycles. The summed E-state index contributed by atoms with van der Waals surface area (Å²) in [5.41, 5.74) is 0.357. The van der Waals surface area contributed by atoms with E-state index < -0.39 is 18.0 Å². The van der Waals surface area contributed by atoms with Crippen molar-refractivity contribution < 1.29 is 23.9 Å². The quantitative estimate of drug-likeness (QED) is 0.316. The van der Waals surface area contributed by atoms with Crippen LogP contribution in [-0.4, -0.2) is 24.3 Å². The molecule has 112 valence electrons. The minimum absolute atomic E-state index is 0.0661. The van der Waals surface area contributed by atoms with Gasteiger partial charge in [0.05, 0.1) is 10.0 Å². The summed E-state index contributed by atoms with van der Waals surface area (Å²) in [6, 6.07) is 3.13. The number of benzene rings is 1. The molecule has 0 spiro atoms. The molecule has 5 nitrogen and oxygen atoms in total. The van der Waals surface area contributed by atoms with Gasteiger partial charge in [0.25, 0.3) is 0 Å². The topological polar surface area (TPSA) is 69.7 Å². The van der Waals surface area contributed by atoms with Gasteiger partial charge >= 0.3 is 11.9 Å². The van der Waals surface area contributed by atoms with Gasteiger partial charge in [-0.05, 0) is 41.9 Å². The van der Waals surface area contributed by atoms with Gasteiger partial charge in [0.1, 0.15) is 0 Å². The average Bonchev–Trinajstić information content (AvgIpc) is 2.40. The molecule has 0 N–H and O–H groups in total. The van der Waals surface area contributed by atoms with E-state index in [1.807, 2.05) is 0 Å². The fourth-order valence-corrected chi connectivity index (χ4v) is 2.61. The lowest BCUT2D eigenvalue weighted by Gasteiger charge is -2.14. The molecule has 1 aromatic carbocycles. The largest absolute Gasteiger partial charge is 0.447 e. The number of ether oxygens (including phenoxy) is 2. The first-order chi connectivity index (χ1) is 9.76. The van der Waals surface area contributed by atoms with Crippen molar-refractivity contribution in [1.29, 1.82) is 0 Å². The lowest BCUT2D eigenvalue weighted by Crippen LogP contribution is -2.29. The van der Waals surface area contributed by atoms with Crippen LogP contribution in [0.1, 0.15) is 24.2 Å². The SMILES string of the molecule is C=C(C)C(=O)OC(C)C(=O)Oc1c(Br)cc(Br)cc1C=O. The van der Waals surface area contributed by atoms with Crippen LogP contribution in [0.3, 0.4) is 0 Å². The van der Waals surface area contributed by atoms with Crippen molar-refractivity contribution in [1.82, 2.24) is 0 Å². The minimum atomic E-state index is -1.12. The van der Waals surface area contributed by atoms with Crippen LogP contribution >= 0.6 is 31.9 Å². The zero-order chi connectivity index (χ0) is 16.2. The number of carbonyl (C=O) groups excluding carboxylic acids is 3. The Balaban J connectivity index is 2.91. The summed E-state index contributed by atoms with van der Waals surface area (Å²) in [6.45, 7) is 6.26. The van der Waals surface area contributed by atoms with Crippen LogP contribution in [0.25, 0.3) is 0 Å². The molecular formula is C14H12Br2O5. The van der Waals surface area contributed by atoms with E-state index in [1.165, 1.54) is 19.9 Å². The highest BCUT2D eigenvalue weighted by Crippen LogP contribution is 2.32. The Bertz CT molecular complexity index is 610. The molecule has 0 aromatic heterocycles. The van der Waals surface area contributed by atoms with Gasteiger partial charge < -0.3 is 9.47 Å². The van der Waals surface area contributed by atoms with Crippen LogP contribution in [0.2, 0.25) is 0 Å². The van der Waals surface area contributed by atoms with Gasteiger partial charge in [-0.25, -0.2) is 9.59 Å².